The summed E-state index contributed by atoms with van der Waals surface area (Å²) < 4.78 is 10.6. The summed E-state index contributed by atoms with van der Waals surface area (Å²) in [6.07, 6.45) is 2.84. The predicted octanol–water partition coefficient (Wildman–Crippen LogP) is 4.90. The van der Waals surface area contributed by atoms with Gasteiger partial charge in [-0.25, -0.2) is 4.79 Å². The standard InChI is InChI=1S/C29H28N2O6/c1-16(2)37-29(35)20-6-8-21(9-7-20)31-25(19-10-12-30-13-11-19)24(27(33)28(31)34)26(32)22-14-18(4)23(36-5)15-17(22)3/h6-16,25,32H,1-5H3/b26-24+. The Labute approximate surface area is 215 Å². The fraction of sp³-hybridized carbons (Fsp3) is 0.241. The Hall–Kier alpha value is -4.46. The van der Waals surface area contributed by atoms with E-state index in [0.29, 0.717) is 33.7 Å². The van der Waals surface area contributed by atoms with Crippen molar-refractivity contribution < 1.29 is 29.0 Å². The molecule has 37 heavy (non-hydrogen) atoms. The third kappa shape index (κ3) is 4.82. The molecule has 1 aromatic heterocycles. The number of carbonyl (C=O) groups excluding carboxylic acids is 3. The molecule has 3 aromatic rings. The van der Waals surface area contributed by atoms with Gasteiger partial charge in [-0.2, -0.15) is 0 Å². The molecule has 1 amide bonds. The first-order valence-corrected chi connectivity index (χ1v) is 11.8. The number of nitrogens with zero attached hydrogens (tertiary/aromatic N) is 2. The SMILES string of the molecule is COc1cc(C)c(/C(O)=C2\C(=O)C(=O)N(c3ccc(C(=O)OC(C)C)cc3)C2c2ccncc2)cc1C. The lowest BCUT2D eigenvalue weighted by Crippen LogP contribution is -2.29. The second-order valence-electron chi connectivity index (χ2n) is 9.09. The molecule has 1 saturated heterocycles. The summed E-state index contributed by atoms with van der Waals surface area (Å²) in [6.45, 7) is 7.14. The number of amides is 1. The number of methoxy groups -OCH3 is 1. The number of aryl methyl sites for hydroxylation is 2. The summed E-state index contributed by atoms with van der Waals surface area (Å²) in [7, 11) is 1.56. The minimum absolute atomic E-state index is 0.0350. The fourth-order valence-electron chi connectivity index (χ4n) is 4.41. The Morgan fingerprint density at radius 1 is 1.00 bits per heavy atom. The van der Waals surface area contributed by atoms with Gasteiger partial charge in [0.1, 0.15) is 11.5 Å². The molecule has 1 N–H and O–H groups in total. The number of anilines is 1. The number of ether oxygens (including phenoxy) is 2. The highest BCUT2D eigenvalue weighted by atomic mass is 16.5. The van der Waals surface area contributed by atoms with Gasteiger partial charge in [0, 0.05) is 23.6 Å². The summed E-state index contributed by atoms with van der Waals surface area (Å²) in [4.78, 5) is 44.4. The van der Waals surface area contributed by atoms with Gasteiger partial charge in [0.25, 0.3) is 11.7 Å². The van der Waals surface area contributed by atoms with Crippen LogP contribution in [0.5, 0.6) is 5.75 Å². The first kappa shape index (κ1) is 25.6. The van der Waals surface area contributed by atoms with Crippen LogP contribution in [0.2, 0.25) is 0 Å². The van der Waals surface area contributed by atoms with Gasteiger partial charge in [-0.3, -0.25) is 19.5 Å². The average Bonchev–Trinajstić information content (AvgIpc) is 3.15. The van der Waals surface area contributed by atoms with Crippen LogP contribution in [0.4, 0.5) is 5.69 Å². The van der Waals surface area contributed by atoms with Crippen LogP contribution in [0.3, 0.4) is 0 Å². The van der Waals surface area contributed by atoms with Crippen molar-refractivity contribution in [2.75, 3.05) is 12.0 Å². The first-order chi connectivity index (χ1) is 17.6. The number of ketones is 1. The van der Waals surface area contributed by atoms with Gasteiger partial charge < -0.3 is 14.6 Å². The van der Waals surface area contributed by atoms with Crippen molar-refractivity contribution in [3.63, 3.8) is 0 Å². The molecule has 190 valence electrons. The molecular weight excluding hydrogens is 472 g/mol. The summed E-state index contributed by atoms with van der Waals surface area (Å²) in [5, 5.41) is 11.4. The van der Waals surface area contributed by atoms with E-state index in [1.807, 2.05) is 6.92 Å². The lowest BCUT2D eigenvalue weighted by molar-refractivity contribution is -0.132. The van der Waals surface area contributed by atoms with Crippen LogP contribution in [0.1, 0.15) is 52.5 Å². The molecule has 1 fully saturated rings. The van der Waals surface area contributed by atoms with Gasteiger partial charge in [0.15, 0.2) is 0 Å². The highest BCUT2D eigenvalue weighted by Gasteiger charge is 2.47. The van der Waals surface area contributed by atoms with E-state index in [1.54, 1.807) is 88.8 Å². The first-order valence-electron chi connectivity index (χ1n) is 11.8. The Balaban J connectivity index is 1.86. The normalized spacial score (nSPS) is 16.8. The van der Waals surface area contributed by atoms with Crippen molar-refractivity contribution in [3.8, 4) is 5.75 Å². The highest BCUT2D eigenvalue weighted by Crippen LogP contribution is 2.42. The zero-order valence-electron chi connectivity index (χ0n) is 21.3. The van der Waals surface area contributed by atoms with Gasteiger partial charge in [0.05, 0.1) is 30.4 Å². The van der Waals surface area contributed by atoms with E-state index < -0.39 is 23.7 Å². The van der Waals surface area contributed by atoms with Crippen molar-refractivity contribution >= 4 is 29.1 Å². The number of pyridine rings is 1. The minimum Gasteiger partial charge on any atom is -0.507 e. The number of hydrogen-bond donors (Lipinski definition) is 1. The zero-order chi connectivity index (χ0) is 26.9. The maximum Gasteiger partial charge on any atom is 0.338 e. The number of esters is 1. The van der Waals surface area contributed by atoms with E-state index >= 15 is 0 Å². The Bertz CT molecular complexity index is 1390. The van der Waals surface area contributed by atoms with Crippen molar-refractivity contribution in [1.82, 2.24) is 4.98 Å². The Morgan fingerprint density at radius 3 is 2.24 bits per heavy atom. The molecule has 8 nitrogen and oxygen atoms in total. The fourth-order valence-corrected chi connectivity index (χ4v) is 4.41. The van der Waals surface area contributed by atoms with Gasteiger partial charge in [-0.05, 0) is 92.9 Å². The predicted molar refractivity (Wildman–Crippen MR) is 138 cm³/mol. The molecule has 0 spiro atoms. The van der Waals surface area contributed by atoms with E-state index in [2.05, 4.69) is 4.98 Å². The van der Waals surface area contributed by atoms with Crippen molar-refractivity contribution in [3.05, 3.63) is 94.3 Å². The monoisotopic (exact) mass is 500 g/mol. The largest absolute Gasteiger partial charge is 0.507 e. The van der Waals surface area contributed by atoms with E-state index in [-0.39, 0.29) is 17.4 Å². The molecule has 2 heterocycles. The number of aromatic nitrogens is 1. The molecule has 1 unspecified atom stereocenters. The third-order valence-electron chi connectivity index (χ3n) is 6.19. The van der Waals surface area contributed by atoms with Gasteiger partial charge in [0.2, 0.25) is 0 Å². The molecule has 1 atom stereocenters. The van der Waals surface area contributed by atoms with Crippen LogP contribution in [0.25, 0.3) is 5.76 Å². The molecule has 0 aliphatic carbocycles. The Kier molecular flexibility index (Phi) is 7.11. The topological polar surface area (TPSA) is 106 Å². The second kappa shape index (κ2) is 10.3. The van der Waals surface area contributed by atoms with Crippen LogP contribution in [-0.2, 0) is 14.3 Å². The summed E-state index contributed by atoms with van der Waals surface area (Å²) in [5.41, 5.74) is 3.17. The van der Waals surface area contributed by atoms with Crippen molar-refractivity contribution in [2.45, 2.75) is 39.8 Å². The third-order valence-corrected chi connectivity index (χ3v) is 6.19. The number of aliphatic hydroxyl groups is 1. The maximum atomic E-state index is 13.4. The summed E-state index contributed by atoms with van der Waals surface area (Å²) >= 11 is 0. The molecule has 1 aliphatic rings. The number of rotatable bonds is 6. The molecule has 8 heteroatoms. The number of carbonyl (C=O) groups is 3. The van der Waals surface area contributed by atoms with Crippen LogP contribution in [0.15, 0.2) is 66.5 Å². The molecular formula is C29H28N2O6. The summed E-state index contributed by atoms with van der Waals surface area (Å²) in [6, 6.07) is 12.2. The molecule has 1 aliphatic heterocycles. The number of aliphatic hydroxyl groups excluding tert-OH is 1. The highest BCUT2D eigenvalue weighted by molar-refractivity contribution is 6.51. The molecule has 0 saturated carbocycles. The molecule has 0 radical (unpaired) electrons. The van der Waals surface area contributed by atoms with Crippen LogP contribution >= 0.6 is 0 Å². The number of hydrogen-bond acceptors (Lipinski definition) is 7. The van der Waals surface area contributed by atoms with E-state index in [0.717, 1.165) is 5.56 Å². The van der Waals surface area contributed by atoms with Crippen LogP contribution < -0.4 is 9.64 Å². The van der Waals surface area contributed by atoms with Crippen LogP contribution in [0, 0.1) is 13.8 Å². The van der Waals surface area contributed by atoms with E-state index in [1.165, 1.54) is 4.90 Å². The smallest absolute Gasteiger partial charge is 0.338 e. The number of benzene rings is 2. The maximum absolute atomic E-state index is 13.4. The molecule has 2 aromatic carbocycles. The minimum atomic E-state index is -0.904. The van der Waals surface area contributed by atoms with Crippen molar-refractivity contribution in [2.24, 2.45) is 0 Å². The lowest BCUT2D eigenvalue weighted by Gasteiger charge is -2.25. The van der Waals surface area contributed by atoms with E-state index in [9.17, 15) is 19.5 Å². The molecule has 4 rings (SSSR count). The quantitative estimate of drug-likeness (QED) is 0.222. The lowest BCUT2D eigenvalue weighted by atomic mass is 9.93. The zero-order valence-corrected chi connectivity index (χ0v) is 21.3. The molecule has 0 bridgehead atoms. The Morgan fingerprint density at radius 2 is 1.65 bits per heavy atom. The average molecular weight is 501 g/mol. The van der Waals surface area contributed by atoms with Crippen molar-refractivity contribution in [1.29, 1.82) is 0 Å². The van der Waals surface area contributed by atoms with Gasteiger partial charge in [-0.15, -0.1) is 0 Å². The van der Waals surface area contributed by atoms with Gasteiger partial charge in [-0.1, -0.05) is 0 Å². The summed E-state index contributed by atoms with van der Waals surface area (Å²) in [5.74, 6) is -1.71. The van der Waals surface area contributed by atoms with Gasteiger partial charge >= 0.3 is 5.97 Å². The number of Topliss-reactive ketones (excluding diaryl/α,β-unsaturated/α-hetero) is 1. The second-order valence-corrected chi connectivity index (χ2v) is 9.09. The van der Waals surface area contributed by atoms with E-state index in [4.69, 9.17) is 9.47 Å². The van der Waals surface area contributed by atoms with Crippen LogP contribution in [-0.4, -0.2) is 41.0 Å².